The lowest BCUT2D eigenvalue weighted by Crippen LogP contribution is -2.45. The van der Waals surface area contributed by atoms with E-state index in [1.165, 1.54) is 0 Å². The molecule has 2 amide bonds. The number of ketones is 1. The van der Waals surface area contributed by atoms with Gasteiger partial charge in [-0.3, -0.25) is 24.0 Å². The molecular formula is C19H27N3O8S2. The summed E-state index contributed by atoms with van der Waals surface area (Å²) in [5, 5.41) is 33.4. The van der Waals surface area contributed by atoms with E-state index in [4.69, 9.17) is 0 Å². The van der Waals surface area contributed by atoms with Gasteiger partial charge in [0.05, 0.1) is 17.1 Å². The number of nitrogens with zero attached hydrogens (tertiary/aromatic N) is 1. The zero-order chi connectivity index (χ0) is 24.3. The first-order valence-corrected chi connectivity index (χ1v) is 11.8. The fraction of sp³-hybridized carbons (Fsp3) is 0.526. The second-order valence-corrected chi connectivity index (χ2v) is 8.68. The third-order valence-corrected chi connectivity index (χ3v) is 6.20. The Kier molecular flexibility index (Phi) is 11.7. The number of rotatable bonds is 13. The number of Topliss-reactive ketones (excluding diaryl/α,β-unsaturated/α-hetero) is 1. The van der Waals surface area contributed by atoms with Crippen molar-refractivity contribution < 1.29 is 39.4 Å². The number of nitrogens with one attached hydrogen (secondary N) is 2. The van der Waals surface area contributed by atoms with Gasteiger partial charge in [0.25, 0.3) is 0 Å². The summed E-state index contributed by atoms with van der Waals surface area (Å²) in [4.78, 5) is 59.1. The first-order valence-electron chi connectivity index (χ1n) is 9.82. The number of aromatic hydroxyl groups is 2. The number of carbonyl (C=O) groups excluding carboxylic acids is 5. The predicted molar refractivity (Wildman–Crippen MR) is 119 cm³/mol. The van der Waals surface area contributed by atoms with Gasteiger partial charge in [0.1, 0.15) is 0 Å². The molecule has 0 aliphatic heterocycles. The molecule has 1 aromatic rings. The van der Waals surface area contributed by atoms with E-state index in [0.717, 1.165) is 29.6 Å². The van der Waals surface area contributed by atoms with Crippen LogP contribution >= 0.6 is 23.5 Å². The first kappa shape index (κ1) is 27.4. The van der Waals surface area contributed by atoms with Crippen LogP contribution in [0.1, 0.15) is 49.9 Å². The molecule has 0 radical (unpaired) electrons. The standard InChI is InChI=1S/C19H27N3O8S2/c1-3-17(27)31-9-14(24)20-8-11(21-15(25)10-32-18(28)4-2)5-6-13(23)12-7-16(26)22(30)19(12)29/h7,11,26,29-30H,3-6,8-10H2,1-2H3,(H,20,24)(H,21,25)/t11-/m0/s1. The Morgan fingerprint density at radius 3 is 2.06 bits per heavy atom. The molecule has 32 heavy (non-hydrogen) atoms. The summed E-state index contributed by atoms with van der Waals surface area (Å²) in [6.07, 6.45) is 0.461. The van der Waals surface area contributed by atoms with Gasteiger partial charge in [-0.2, -0.15) is 0 Å². The Balaban J connectivity index is 2.71. The lowest BCUT2D eigenvalue weighted by molar-refractivity contribution is -0.121. The molecule has 13 heteroatoms. The molecule has 0 aliphatic rings. The van der Waals surface area contributed by atoms with Gasteiger partial charge in [-0.05, 0) is 6.42 Å². The molecule has 0 aliphatic carbocycles. The van der Waals surface area contributed by atoms with E-state index in [0.29, 0.717) is 6.42 Å². The van der Waals surface area contributed by atoms with Gasteiger partial charge >= 0.3 is 0 Å². The molecule has 5 N–H and O–H groups in total. The number of hydrogen-bond donors (Lipinski definition) is 5. The van der Waals surface area contributed by atoms with Crippen LogP contribution in [0.4, 0.5) is 0 Å². The van der Waals surface area contributed by atoms with E-state index in [1.54, 1.807) is 13.8 Å². The van der Waals surface area contributed by atoms with E-state index in [9.17, 15) is 39.4 Å². The number of hydrogen-bond acceptors (Lipinski definition) is 10. The number of amides is 2. The molecule has 11 nitrogen and oxygen atoms in total. The van der Waals surface area contributed by atoms with E-state index < -0.39 is 35.4 Å². The van der Waals surface area contributed by atoms with Gasteiger partial charge in [-0.15, -0.1) is 4.73 Å². The lowest BCUT2D eigenvalue weighted by Gasteiger charge is -2.19. The van der Waals surface area contributed by atoms with E-state index in [2.05, 4.69) is 10.6 Å². The van der Waals surface area contributed by atoms with Crippen LogP contribution in [-0.2, 0) is 19.2 Å². The molecule has 0 fully saturated rings. The zero-order valence-corrected chi connectivity index (χ0v) is 19.4. The minimum absolute atomic E-state index is 0.0244. The van der Waals surface area contributed by atoms with E-state index in [1.807, 2.05) is 0 Å². The Bertz CT molecular complexity index is 856. The van der Waals surface area contributed by atoms with Gasteiger partial charge in [0.15, 0.2) is 16.0 Å². The molecule has 0 bridgehead atoms. The summed E-state index contributed by atoms with van der Waals surface area (Å²) >= 11 is 1.73. The van der Waals surface area contributed by atoms with E-state index in [-0.39, 0.29) is 57.8 Å². The van der Waals surface area contributed by atoms with Gasteiger partial charge in [-0.25, -0.2) is 0 Å². The van der Waals surface area contributed by atoms with Crippen molar-refractivity contribution in [3.8, 4) is 11.8 Å². The largest absolute Gasteiger partial charge is 0.492 e. The van der Waals surface area contributed by atoms with Crippen LogP contribution in [0.15, 0.2) is 6.07 Å². The smallest absolute Gasteiger partial charge is 0.240 e. The molecule has 0 unspecified atom stereocenters. The number of thioether (sulfide) groups is 2. The Hall–Kier alpha value is -2.67. The molecule has 0 spiro atoms. The molecule has 0 saturated heterocycles. The van der Waals surface area contributed by atoms with Gasteiger partial charge in [-0.1, -0.05) is 37.4 Å². The summed E-state index contributed by atoms with van der Waals surface area (Å²) in [6.45, 7) is 3.33. The van der Waals surface area contributed by atoms with Crippen LogP contribution in [0.3, 0.4) is 0 Å². The van der Waals surface area contributed by atoms with Crippen molar-refractivity contribution in [3.63, 3.8) is 0 Å². The molecule has 1 aromatic heterocycles. The lowest BCUT2D eigenvalue weighted by atomic mass is 10.0. The molecule has 178 valence electrons. The van der Waals surface area contributed by atoms with Gasteiger partial charge < -0.3 is 26.1 Å². The van der Waals surface area contributed by atoms with Crippen molar-refractivity contribution in [2.75, 3.05) is 18.1 Å². The average Bonchev–Trinajstić information content (AvgIpc) is 3.04. The molecule has 1 atom stereocenters. The van der Waals surface area contributed by atoms with Crippen molar-refractivity contribution in [2.24, 2.45) is 0 Å². The summed E-state index contributed by atoms with van der Waals surface area (Å²) in [5.74, 6) is -3.19. The van der Waals surface area contributed by atoms with E-state index >= 15 is 0 Å². The quantitative estimate of drug-likeness (QED) is 0.199. The summed E-state index contributed by atoms with van der Waals surface area (Å²) in [5.41, 5.74) is -0.294. The first-order chi connectivity index (χ1) is 15.1. The predicted octanol–water partition coefficient (Wildman–Crippen LogP) is 1.04. The van der Waals surface area contributed by atoms with Crippen molar-refractivity contribution >= 4 is 51.4 Å². The topological polar surface area (TPSA) is 175 Å². The van der Waals surface area contributed by atoms with Crippen LogP contribution < -0.4 is 10.6 Å². The van der Waals surface area contributed by atoms with Gasteiger partial charge in [0.2, 0.25) is 23.6 Å². The van der Waals surface area contributed by atoms with Crippen LogP contribution in [0.2, 0.25) is 0 Å². The molecule has 0 saturated carbocycles. The fourth-order valence-corrected chi connectivity index (χ4v) is 3.58. The van der Waals surface area contributed by atoms with Crippen molar-refractivity contribution in [1.29, 1.82) is 0 Å². The Morgan fingerprint density at radius 2 is 1.56 bits per heavy atom. The highest BCUT2D eigenvalue weighted by Crippen LogP contribution is 2.27. The maximum Gasteiger partial charge on any atom is 0.240 e. The normalized spacial score (nSPS) is 11.6. The number of carbonyl (C=O) groups is 5. The summed E-state index contributed by atoms with van der Waals surface area (Å²) in [6, 6.07) is 0.230. The Labute approximate surface area is 193 Å². The molecule has 0 aromatic carbocycles. The Morgan fingerprint density at radius 1 is 1.00 bits per heavy atom. The average molecular weight is 490 g/mol. The van der Waals surface area contributed by atoms with Crippen LogP contribution in [0.5, 0.6) is 11.8 Å². The van der Waals surface area contributed by atoms with Crippen LogP contribution in [0, 0.1) is 0 Å². The minimum atomic E-state index is -0.812. The SMILES string of the molecule is CCC(=O)SCC(=O)NC[C@H](CCC(=O)c1cc(O)n(O)c1O)NC(=O)CSC(=O)CC. The molecule has 1 heterocycles. The fourth-order valence-electron chi connectivity index (χ4n) is 2.40. The van der Waals surface area contributed by atoms with Crippen LogP contribution in [0.25, 0.3) is 0 Å². The monoisotopic (exact) mass is 489 g/mol. The third kappa shape index (κ3) is 9.22. The molecule has 1 rings (SSSR count). The molecular weight excluding hydrogens is 462 g/mol. The third-order valence-electron chi connectivity index (χ3n) is 4.17. The van der Waals surface area contributed by atoms with Gasteiger partial charge in [0, 0.05) is 37.9 Å². The zero-order valence-electron chi connectivity index (χ0n) is 17.8. The minimum Gasteiger partial charge on any atom is -0.492 e. The number of aromatic nitrogens is 1. The second kappa shape index (κ2) is 13.7. The summed E-state index contributed by atoms with van der Waals surface area (Å²) in [7, 11) is 0. The summed E-state index contributed by atoms with van der Waals surface area (Å²) < 4.78 is 0.0595. The van der Waals surface area contributed by atoms with Crippen LogP contribution in [-0.4, -0.2) is 72.1 Å². The van der Waals surface area contributed by atoms with Crippen molar-refractivity contribution in [3.05, 3.63) is 11.6 Å². The highest BCUT2D eigenvalue weighted by Gasteiger charge is 2.22. The van der Waals surface area contributed by atoms with Crippen molar-refractivity contribution in [1.82, 2.24) is 15.4 Å². The van der Waals surface area contributed by atoms with Crippen molar-refractivity contribution in [2.45, 2.75) is 45.6 Å². The second-order valence-electron chi connectivity index (χ2n) is 6.61. The maximum atomic E-state index is 12.3. The highest BCUT2D eigenvalue weighted by molar-refractivity contribution is 8.14. The highest BCUT2D eigenvalue weighted by atomic mass is 32.2. The maximum absolute atomic E-state index is 12.3.